The Labute approximate surface area is 252 Å². The van der Waals surface area contributed by atoms with E-state index in [1.807, 2.05) is 44.2 Å². The van der Waals surface area contributed by atoms with Gasteiger partial charge in [0.1, 0.15) is 18.3 Å². The lowest BCUT2D eigenvalue weighted by Gasteiger charge is -2.34. The third kappa shape index (κ3) is 9.11. The van der Waals surface area contributed by atoms with E-state index in [1.54, 1.807) is 30.3 Å². The molecule has 3 rings (SSSR count). The van der Waals surface area contributed by atoms with Gasteiger partial charge in [-0.3, -0.25) is 13.9 Å². The maximum absolute atomic E-state index is 14.2. The molecule has 0 aliphatic heterocycles. The number of halogens is 2. The van der Waals surface area contributed by atoms with Crippen LogP contribution in [0.4, 0.5) is 5.69 Å². The minimum atomic E-state index is -3.97. The van der Waals surface area contributed by atoms with E-state index in [9.17, 15) is 18.0 Å². The van der Waals surface area contributed by atoms with Gasteiger partial charge in [0.25, 0.3) is 0 Å². The summed E-state index contributed by atoms with van der Waals surface area (Å²) >= 11 is 12.3. The highest BCUT2D eigenvalue weighted by Gasteiger charge is 2.34. The zero-order valence-electron chi connectivity index (χ0n) is 23.5. The number of carbonyl (C=O) groups is 2. The average Bonchev–Trinajstić information content (AvgIpc) is 2.94. The van der Waals surface area contributed by atoms with Crippen molar-refractivity contribution in [3.63, 3.8) is 0 Å². The molecule has 0 aromatic heterocycles. The highest BCUT2D eigenvalue weighted by Crippen LogP contribution is 2.33. The second-order valence-corrected chi connectivity index (χ2v) is 12.5. The van der Waals surface area contributed by atoms with Crippen molar-refractivity contribution in [3.05, 3.63) is 94.0 Å². The van der Waals surface area contributed by atoms with Crippen LogP contribution in [0.3, 0.4) is 0 Å². The van der Waals surface area contributed by atoms with Crippen molar-refractivity contribution in [1.29, 1.82) is 0 Å². The highest BCUT2D eigenvalue weighted by molar-refractivity contribution is 7.92. The van der Waals surface area contributed by atoms with Crippen molar-refractivity contribution >= 4 is 50.7 Å². The Kier molecular flexibility index (Phi) is 11.5. The van der Waals surface area contributed by atoms with Gasteiger partial charge in [-0.05, 0) is 54.8 Å². The number of nitrogens with zero attached hydrogens (tertiary/aromatic N) is 2. The van der Waals surface area contributed by atoms with Gasteiger partial charge < -0.3 is 15.0 Å². The summed E-state index contributed by atoms with van der Waals surface area (Å²) in [5, 5.41) is 3.80. The van der Waals surface area contributed by atoms with Gasteiger partial charge in [-0.25, -0.2) is 8.42 Å². The van der Waals surface area contributed by atoms with Crippen LogP contribution in [0.25, 0.3) is 0 Å². The Morgan fingerprint density at radius 3 is 2.17 bits per heavy atom. The SMILES string of the molecule is CC[C@H](C)NC(=O)[C@H](Cc1ccccc1)N(Cc1ccc(Cl)cc1)C(=O)CN(c1cc(Cl)ccc1OC)S(C)(=O)=O. The summed E-state index contributed by atoms with van der Waals surface area (Å²) in [6.45, 7) is 3.31. The van der Waals surface area contributed by atoms with Gasteiger partial charge in [0.05, 0.1) is 19.1 Å². The van der Waals surface area contributed by atoms with E-state index >= 15 is 0 Å². The van der Waals surface area contributed by atoms with Crippen LogP contribution in [0.1, 0.15) is 31.4 Å². The largest absolute Gasteiger partial charge is 0.495 e. The van der Waals surface area contributed by atoms with Gasteiger partial charge in [0.15, 0.2) is 0 Å². The molecule has 0 aliphatic rings. The van der Waals surface area contributed by atoms with E-state index in [4.69, 9.17) is 27.9 Å². The number of anilines is 1. The molecule has 0 heterocycles. The molecule has 1 N–H and O–H groups in total. The fourth-order valence-electron chi connectivity index (χ4n) is 4.23. The molecular formula is C30H35Cl2N3O5S. The van der Waals surface area contributed by atoms with E-state index in [2.05, 4.69) is 5.32 Å². The van der Waals surface area contributed by atoms with E-state index in [-0.39, 0.29) is 41.4 Å². The smallest absolute Gasteiger partial charge is 0.244 e. The minimum Gasteiger partial charge on any atom is -0.495 e. The number of amides is 2. The fraction of sp³-hybridized carbons (Fsp3) is 0.333. The Morgan fingerprint density at radius 2 is 1.59 bits per heavy atom. The van der Waals surface area contributed by atoms with Crippen molar-refractivity contribution in [3.8, 4) is 5.75 Å². The number of hydrogen-bond donors (Lipinski definition) is 1. The zero-order valence-corrected chi connectivity index (χ0v) is 25.8. The number of ether oxygens (including phenoxy) is 1. The molecule has 0 radical (unpaired) electrons. The summed E-state index contributed by atoms with van der Waals surface area (Å²) in [7, 11) is -2.57. The van der Waals surface area contributed by atoms with E-state index < -0.39 is 28.5 Å². The number of methoxy groups -OCH3 is 1. The summed E-state index contributed by atoms with van der Waals surface area (Å²) in [4.78, 5) is 29.3. The van der Waals surface area contributed by atoms with Gasteiger partial charge in [-0.1, -0.05) is 72.6 Å². The molecule has 3 aromatic carbocycles. The molecule has 0 fully saturated rings. The molecule has 0 aliphatic carbocycles. The Morgan fingerprint density at radius 1 is 0.951 bits per heavy atom. The topological polar surface area (TPSA) is 96.0 Å². The lowest BCUT2D eigenvalue weighted by atomic mass is 10.0. The quantitative estimate of drug-likeness (QED) is 0.279. The third-order valence-corrected chi connectivity index (χ3v) is 8.24. The first-order valence-electron chi connectivity index (χ1n) is 13.1. The van der Waals surface area contributed by atoms with Crippen LogP contribution in [0.15, 0.2) is 72.8 Å². The molecule has 8 nitrogen and oxygen atoms in total. The summed E-state index contributed by atoms with van der Waals surface area (Å²) in [6.07, 6.45) is 1.92. The van der Waals surface area contributed by atoms with Gasteiger partial charge in [0, 0.05) is 29.1 Å². The molecule has 0 bridgehead atoms. The molecule has 0 saturated heterocycles. The fourth-order valence-corrected chi connectivity index (χ4v) is 5.37. The van der Waals surface area contributed by atoms with Crippen molar-refractivity contribution in [2.24, 2.45) is 0 Å². The van der Waals surface area contributed by atoms with Crippen LogP contribution in [0, 0.1) is 0 Å². The molecule has 41 heavy (non-hydrogen) atoms. The standard InChI is InChI=1S/C30H35Cl2N3O5S/c1-5-21(2)33-30(37)27(17-22-9-7-6-8-10-22)34(19-23-11-13-24(31)14-12-23)29(36)20-35(41(4,38)39)26-18-25(32)15-16-28(26)40-3/h6-16,18,21,27H,5,17,19-20H2,1-4H3,(H,33,37)/t21-,27-/m0/s1. The van der Waals surface area contributed by atoms with Crippen LogP contribution in [0.2, 0.25) is 10.0 Å². The van der Waals surface area contributed by atoms with E-state index in [0.29, 0.717) is 11.4 Å². The number of benzene rings is 3. The number of nitrogens with one attached hydrogen (secondary N) is 1. The molecule has 0 unspecified atom stereocenters. The van der Waals surface area contributed by atoms with Gasteiger partial charge in [0.2, 0.25) is 21.8 Å². The summed E-state index contributed by atoms with van der Waals surface area (Å²) < 4.78 is 32.3. The predicted octanol–water partition coefficient (Wildman–Crippen LogP) is 5.32. The number of sulfonamides is 1. The molecule has 3 aromatic rings. The van der Waals surface area contributed by atoms with Crippen LogP contribution >= 0.6 is 23.2 Å². The van der Waals surface area contributed by atoms with Crippen molar-refractivity contribution < 1.29 is 22.7 Å². The van der Waals surface area contributed by atoms with Crippen LogP contribution in [-0.4, -0.2) is 57.1 Å². The van der Waals surface area contributed by atoms with Gasteiger partial charge >= 0.3 is 0 Å². The third-order valence-electron chi connectivity index (χ3n) is 6.63. The second kappa shape index (κ2) is 14.6. The number of rotatable bonds is 13. The average molecular weight is 621 g/mol. The van der Waals surface area contributed by atoms with E-state index in [0.717, 1.165) is 21.7 Å². The first-order valence-corrected chi connectivity index (χ1v) is 15.7. The number of hydrogen-bond acceptors (Lipinski definition) is 5. The normalized spacial score (nSPS) is 12.7. The lowest BCUT2D eigenvalue weighted by molar-refractivity contribution is -0.140. The number of carbonyl (C=O) groups excluding carboxylic acids is 2. The monoisotopic (exact) mass is 619 g/mol. The second-order valence-electron chi connectivity index (χ2n) is 9.76. The first-order chi connectivity index (χ1) is 19.4. The maximum Gasteiger partial charge on any atom is 0.244 e. The molecule has 0 saturated carbocycles. The Bertz CT molecular complexity index is 1440. The first kappa shape index (κ1) is 32.2. The molecule has 2 amide bonds. The van der Waals surface area contributed by atoms with Gasteiger partial charge in [-0.2, -0.15) is 0 Å². The van der Waals surface area contributed by atoms with Crippen molar-refractivity contribution in [2.75, 3.05) is 24.2 Å². The van der Waals surface area contributed by atoms with Crippen molar-refractivity contribution in [1.82, 2.24) is 10.2 Å². The Balaban J connectivity index is 2.10. The molecule has 2 atom stereocenters. The summed E-state index contributed by atoms with van der Waals surface area (Å²) in [5.74, 6) is -0.684. The summed E-state index contributed by atoms with van der Waals surface area (Å²) in [6, 6.07) is 19.8. The molecule has 220 valence electrons. The lowest BCUT2D eigenvalue weighted by Crippen LogP contribution is -2.54. The molecule has 0 spiro atoms. The zero-order chi connectivity index (χ0) is 30.2. The van der Waals surface area contributed by atoms with Crippen molar-refractivity contribution in [2.45, 2.75) is 45.3 Å². The predicted molar refractivity (Wildman–Crippen MR) is 164 cm³/mol. The molecule has 11 heteroatoms. The van der Waals surface area contributed by atoms with E-state index in [1.165, 1.54) is 24.1 Å². The maximum atomic E-state index is 14.2. The van der Waals surface area contributed by atoms with Crippen LogP contribution in [0.5, 0.6) is 5.75 Å². The molecular weight excluding hydrogens is 585 g/mol. The van der Waals surface area contributed by atoms with Crippen LogP contribution < -0.4 is 14.4 Å². The minimum absolute atomic E-state index is 0.0473. The summed E-state index contributed by atoms with van der Waals surface area (Å²) in [5.41, 5.74) is 1.69. The van der Waals surface area contributed by atoms with Gasteiger partial charge in [-0.15, -0.1) is 0 Å². The highest BCUT2D eigenvalue weighted by atomic mass is 35.5. The van der Waals surface area contributed by atoms with Crippen LogP contribution in [-0.2, 0) is 32.6 Å². The Hall–Kier alpha value is -3.27.